The van der Waals surface area contributed by atoms with Gasteiger partial charge in [-0.1, -0.05) is 24.3 Å². The number of ether oxygens (including phenoxy) is 1. The van der Waals surface area contributed by atoms with Gasteiger partial charge in [0.1, 0.15) is 5.75 Å². The van der Waals surface area contributed by atoms with Crippen LogP contribution in [0, 0.1) is 6.92 Å². The summed E-state index contributed by atoms with van der Waals surface area (Å²) in [6.45, 7) is 2.65. The Balaban J connectivity index is 1.95. The summed E-state index contributed by atoms with van der Waals surface area (Å²) >= 11 is 0. The molecule has 0 saturated heterocycles. The van der Waals surface area contributed by atoms with E-state index in [2.05, 4.69) is 24.4 Å². The summed E-state index contributed by atoms with van der Waals surface area (Å²) in [5.74, 6) is 0.479. The summed E-state index contributed by atoms with van der Waals surface area (Å²) in [5.41, 5.74) is 9.22. The van der Waals surface area contributed by atoms with Crippen molar-refractivity contribution in [2.75, 3.05) is 19.4 Å². The minimum Gasteiger partial charge on any atom is -0.497 e. The molecule has 1 amide bonds. The monoisotopic (exact) mass is 284 g/mol. The number of hydrogen-bond donors (Lipinski definition) is 2. The van der Waals surface area contributed by atoms with Crippen molar-refractivity contribution in [1.82, 2.24) is 5.32 Å². The molecule has 0 saturated carbocycles. The van der Waals surface area contributed by atoms with Crippen molar-refractivity contribution >= 4 is 11.6 Å². The minimum absolute atomic E-state index is 0.163. The van der Waals surface area contributed by atoms with Crippen LogP contribution >= 0.6 is 0 Å². The lowest BCUT2D eigenvalue weighted by atomic mass is 10.1. The third kappa shape index (κ3) is 3.75. The molecule has 0 radical (unpaired) electrons. The summed E-state index contributed by atoms with van der Waals surface area (Å²) in [6.07, 6.45) is 0.800. The van der Waals surface area contributed by atoms with Crippen LogP contribution in [0.5, 0.6) is 5.75 Å². The number of amides is 1. The van der Waals surface area contributed by atoms with Gasteiger partial charge in [-0.3, -0.25) is 4.79 Å². The van der Waals surface area contributed by atoms with E-state index in [4.69, 9.17) is 10.5 Å². The van der Waals surface area contributed by atoms with Gasteiger partial charge in [-0.15, -0.1) is 0 Å². The standard InChI is InChI=1S/C17H20N2O2/c1-12-5-3-4-6-13(12)9-10-19-17(20)15-8-7-14(21-2)11-16(15)18/h3-8,11H,9-10,18H2,1-2H3,(H,19,20). The first-order valence-corrected chi connectivity index (χ1v) is 6.88. The summed E-state index contributed by atoms with van der Waals surface area (Å²) in [5, 5.41) is 2.89. The van der Waals surface area contributed by atoms with Crippen LogP contribution < -0.4 is 15.8 Å². The zero-order chi connectivity index (χ0) is 15.2. The van der Waals surface area contributed by atoms with Crippen LogP contribution in [0.3, 0.4) is 0 Å². The van der Waals surface area contributed by atoms with E-state index < -0.39 is 0 Å². The molecule has 0 aliphatic rings. The van der Waals surface area contributed by atoms with Crippen molar-refractivity contribution in [2.24, 2.45) is 0 Å². The van der Waals surface area contributed by atoms with Crippen LogP contribution in [-0.2, 0) is 6.42 Å². The maximum atomic E-state index is 12.1. The molecule has 110 valence electrons. The van der Waals surface area contributed by atoms with Gasteiger partial charge < -0.3 is 15.8 Å². The van der Waals surface area contributed by atoms with Gasteiger partial charge in [0.15, 0.2) is 0 Å². The first-order chi connectivity index (χ1) is 10.1. The number of methoxy groups -OCH3 is 1. The number of benzene rings is 2. The van der Waals surface area contributed by atoms with E-state index in [1.807, 2.05) is 12.1 Å². The minimum atomic E-state index is -0.163. The number of nitrogens with one attached hydrogen (secondary N) is 1. The highest BCUT2D eigenvalue weighted by Gasteiger charge is 2.10. The summed E-state index contributed by atoms with van der Waals surface area (Å²) in [4.78, 5) is 12.1. The fraction of sp³-hybridized carbons (Fsp3) is 0.235. The van der Waals surface area contributed by atoms with Crippen LogP contribution in [0.2, 0.25) is 0 Å². The van der Waals surface area contributed by atoms with E-state index in [1.54, 1.807) is 25.3 Å². The Morgan fingerprint density at radius 2 is 2.00 bits per heavy atom. The highest BCUT2D eigenvalue weighted by Crippen LogP contribution is 2.19. The number of hydrogen-bond acceptors (Lipinski definition) is 3. The van der Waals surface area contributed by atoms with Crippen molar-refractivity contribution in [1.29, 1.82) is 0 Å². The van der Waals surface area contributed by atoms with Crippen LogP contribution in [0.1, 0.15) is 21.5 Å². The van der Waals surface area contributed by atoms with Gasteiger partial charge in [0.2, 0.25) is 0 Å². The molecule has 0 atom stereocenters. The van der Waals surface area contributed by atoms with Crippen molar-refractivity contribution in [3.8, 4) is 5.75 Å². The van der Waals surface area contributed by atoms with Gasteiger partial charge in [-0.05, 0) is 36.6 Å². The molecule has 3 N–H and O–H groups in total. The number of nitrogens with two attached hydrogens (primary N) is 1. The Morgan fingerprint density at radius 1 is 1.24 bits per heavy atom. The highest BCUT2D eigenvalue weighted by atomic mass is 16.5. The van der Waals surface area contributed by atoms with Crippen molar-refractivity contribution in [2.45, 2.75) is 13.3 Å². The largest absolute Gasteiger partial charge is 0.497 e. The SMILES string of the molecule is COc1ccc(C(=O)NCCc2ccccc2C)c(N)c1. The topological polar surface area (TPSA) is 64.3 Å². The van der Waals surface area contributed by atoms with Gasteiger partial charge in [-0.25, -0.2) is 0 Å². The Labute approximate surface area is 124 Å². The fourth-order valence-corrected chi connectivity index (χ4v) is 2.17. The van der Waals surface area contributed by atoms with E-state index in [9.17, 15) is 4.79 Å². The molecule has 0 fully saturated rings. The molecule has 0 bridgehead atoms. The number of nitrogen functional groups attached to an aromatic ring is 1. The van der Waals surface area contributed by atoms with Crippen LogP contribution in [0.15, 0.2) is 42.5 Å². The van der Waals surface area contributed by atoms with Gasteiger partial charge in [-0.2, -0.15) is 0 Å². The third-order valence-corrected chi connectivity index (χ3v) is 3.44. The molecule has 2 aromatic carbocycles. The number of aryl methyl sites for hydroxylation is 1. The molecule has 21 heavy (non-hydrogen) atoms. The Hall–Kier alpha value is -2.49. The molecule has 2 aromatic rings. The fourth-order valence-electron chi connectivity index (χ4n) is 2.17. The lowest BCUT2D eigenvalue weighted by molar-refractivity contribution is 0.0955. The second-order valence-corrected chi connectivity index (χ2v) is 4.89. The van der Waals surface area contributed by atoms with Crippen molar-refractivity contribution < 1.29 is 9.53 Å². The zero-order valence-corrected chi connectivity index (χ0v) is 12.3. The predicted molar refractivity (Wildman–Crippen MR) is 84.6 cm³/mol. The summed E-state index contributed by atoms with van der Waals surface area (Å²) in [7, 11) is 1.57. The smallest absolute Gasteiger partial charge is 0.253 e. The molecule has 4 heteroatoms. The normalized spacial score (nSPS) is 10.2. The first kappa shape index (κ1) is 14.9. The average molecular weight is 284 g/mol. The van der Waals surface area contributed by atoms with E-state index in [-0.39, 0.29) is 5.91 Å². The Morgan fingerprint density at radius 3 is 2.67 bits per heavy atom. The molecule has 2 rings (SSSR count). The highest BCUT2D eigenvalue weighted by molar-refractivity contribution is 5.99. The summed E-state index contributed by atoms with van der Waals surface area (Å²) in [6, 6.07) is 13.2. The van der Waals surface area contributed by atoms with E-state index >= 15 is 0 Å². The molecule has 0 spiro atoms. The molecule has 0 aliphatic heterocycles. The van der Waals surface area contributed by atoms with Gasteiger partial charge in [0, 0.05) is 18.3 Å². The molecule has 0 unspecified atom stereocenters. The van der Waals surface area contributed by atoms with Crippen molar-refractivity contribution in [3.05, 3.63) is 59.2 Å². The first-order valence-electron chi connectivity index (χ1n) is 6.88. The number of carbonyl (C=O) groups is 1. The Kier molecular flexibility index (Phi) is 4.82. The lowest BCUT2D eigenvalue weighted by Gasteiger charge is -2.10. The third-order valence-electron chi connectivity index (χ3n) is 3.44. The van der Waals surface area contributed by atoms with E-state index in [1.165, 1.54) is 11.1 Å². The van der Waals surface area contributed by atoms with Gasteiger partial charge in [0.25, 0.3) is 5.91 Å². The van der Waals surface area contributed by atoms with Crippen LogP contribution in [-0.4, -0.2) is 19.6 Å². The Bertz CT molecular complexity index is 638. The average Bonchev–Trinajstić information content (AvgIpc) is 2.48. The van der Waals surface area contributed by atoms with Crippen LogP contribution in [0.25, 0.3) is 0 Å². The molecule has 4 nitrogen and oxygen atoms in total. The molecular weight excluding hydrogens is 264 g/mol. The predicted octanol–water partition coefficient (Wildman–Crippen LogP) is 2.56. The van der Waals surface area contributed by atoms with Gasteiger partial charge in [0.05, 0.1) is 12.7 Å². The molecule has 0 aromatic heterocycles. The van der Waals surface area contributed by atoms with Gasteiger partial charge >= 0.3 is 0 Å². The van der Waals surface area contributed by atoms with Crippen molar-refractivity contribution in [3.63, 3.8) is 0 Å². The zero-order valence-electron chi connectivity index (χ0n) is 12.3. The maximum absolute atomic E-state index is 12.1. The second-order valence-electron chi connectivity index (χ2n) is 4.89. The van der Waals surface area contributed by atoms with E-state index in [0.717, 1.165) is 6.42 Å². The number of anilines is 1. The molecule has 0 heterocycles. The lowest BCUT2D eigenvalue weighted by Crippen LogP contribution is -2.26. The maximum Gasteiger partial charge on any atom is 0.253 e. The second kappa shape index (κ2) is 6.79. The van der Waals surface area contributed by atoms with Crippen LogP contribution in [0.4, 0.5) is 5.69 Å². The molecular formula is C17H20N2O2. The summed E-state index contributed by atoms with van der Waals surface area (Å²) < 4.78 is 5.07. The number of carbonyl (C=O) groups excluding carboxylic acids is 1. The number of rotatable bonds is 5. The quantitative estimate of drug-likeness (QED) is 0.829. The van der Waals surface area contributed by atoms with E-state index in [0.29, 0.717) is 23.5 Å². The molecule has 0 aliphatic carbocycles.